The van der Waals surface area contributed by atoms with Gasteiger partial charge in [0.1, 0.15) is 0 Å². The van der Waals surface area contributed by atoms with Gasteiger partial charge in [0.05, 0.1) is 10.6 Å². The zero-order valence-electron chi connectivity index (χ0n) is 17.5. The predicted octanol–water partition coefficient (Wildman–Crippen LogP) is 2.12. The number of benzene rings is 1. The van der Waals surface area contributed by atoms with Crippen molar-refractivity contribution >= 4 is 20.0 Å². The normalized spacial score (nSPS) is 22.4. The number of nitrogens with zero attached hydrogens (tertiary/aromatic N) is 2. The summed E-state index contributed by atoms with van der Waals surface area (Å²) in [5.41, 5.74) is 1.22. The van der Waals surface area contributed by atoms with E-state index in [1.54, 1.807) is 12.1 Å². The van der Waals surface area contributed by atoms with Crippen LogP contribution in [0.2, 0.25) is 0 Å². The Morgan fingerprint density at radius 3 is 2.13 bits per heavy atom. The van der Waals surface area contributed by atoms with Crippen LogP contribution in [-0.4, -0.2) is 70.0 Å². The minimum Gasteiger partial charge on any atom is -0.314 e. The van der Waals surface area contributed by atoms with Gasteiger partial charge in [0.15, 0.2) is 0 Å². The summed E-state index contributed by atoms with van der Waals surface area (Å²) in [5, 5.41) is 3.14. The molecule has 30 heavy (non-hydrogen) atoms. The lowest BCUT2D eigenvalue weighted by atomic mass is 9.84. The molecule has 2 saturated carbocycles. The number of nitrogens with one attached hydrogen (secondary N) is 1. The van der Waals surface area contributed by atoms with E-state index in [0.717, 1.165) is 12.8 Å². The molecule has 1 saturated heterocycles. The lowest BCUT2D eigenvalue weighted by Gasteiger charge is -2.28. The Labute approximate surface area is 180 Å². The average Bonchev–Trinajstić information content (AvgIpc) is 3.60. The van der Waals surface area contributed by atoms with Crippen LogP contribution < -0.4 is 5.32 Å². The standard InChI is InChI=1S/C21H33N3O4S2/c25-29(26,23-14-12-22-13-15-23)17-16-24(20-8-9-20)30(27,28)21-10-6-19(7-11-21)18-4-2-1-3-5-18/h6-7,10-11,18,20,22H,1-5,8-9,12-17H2. The van der Waals surface area contributed by atoms with Gasteiger partial charge in [-0.05, 0) is 49.3 Å². The fourth-order valence-corrected chi connectivity index (χ4v) is 7.83. The molecule has 1 aromatic carbocycles. The van der Waals surface area contributed by atoms with Crippen molar-refractivity contribution in [2.75, 3.05) is 38.5 Å². The Bertz CT molecular complexity index is 916. The summed E-state index contributed by atoms with van der Waals surface area (Å²) in [6.07, 6.45) is 7.70. The van der Waals surface area contributed by atoms with Gasteiger partial charge in [-0.25, -0.2) is 16.8 Å². The fourth-order valence-electron chi connectivity index (χ4n) is 4.60. The third kappa shape index (κ3) is 5.07. The molecule has 0 atom stereocenters. The summed E-state index contributed by atoms with van der Waals surface area (Å²) in [5.74, 6) is 0.363. The van der Waals surface area contributed by atoms with Crippen molar-refractivity contribution in [3.8, 4) is 0 Å². The van der Waals surface area contributed by atoms with Crippen molar-refractivity contribution in [1.29, 1.82) is 0 Å². The topological polar surface area (TPSA) is 86.8 Å². The van der Waals surface area contributed by atoms with E-state index in [0.29, 0.717) is 32.1 Å². The summed E-state index contributed by atoms with van der Waals surface area (Å²) in [4.78, 5) is 0.272. The molecule has 0 spiro atoms. The molecule has 1 heterocycles. The van der Waals surface area contributed by atoms with Crippen LogP contribution in [0, 0.1) is 0 Å². The van der Waals surface area contributed by atoms with Gasteiger partial charge in [0.25, 0.3) is 0 Å². The van der Waals surface area contributed by atoms with Crippen molar-refractivity contribution in [3.05, 3.63) is 29.8 Å². The highest BCUT2D eigenvalue weighted by Gasteiger charge is 2.39. The molecular weight excluding hydrogens is 422 g/mol. The molecule has 7 nitrogen and oxygen atoms in total. The van der Waals surface area contributed by atoms with E-state index in [2.05, 4.69) is 5.32 Å². The van der Waals surface area contributed by atoms with Crippen LogP contribution in [0.4, 0.5) is 0 Å². The number of hydrogen-bond acceptors (Lipinski definition) is 5. The molecule has 4 rings (SSSR count). The lowest BCUT2D eigenvalue weighted by Crippen LogP contribution is -2.48. The van der Waals surface area contributed by atoms with Crippen LogP contribution in [0.5, 0.6) is 0 Å². The van der Waals surface area contributed by atoms with E-state index < -0.39 is 20.0 Å². The molecule has 9 heteroatoms. The van der Waals surface area contributed by atoms with Crippen LogP contribution >= 0.6 is 0 Å². The Kier molecular flexibility index (Phi) is 6.84. The molecule has 0 aromatic heterocycles. The Hall–Kier alpha value is -1.00. The largest absolute Gasteiger partial charge is 0.314 e. The van der Waals surface area contributed by atoms with Gasteiger partial charge < -0.3 is 5.32 Å². The minimum atomic E-state index is -3.70. The summed E-state index contributed by atoms with van der Waals surface area (Å²) in [6.45, 7) is 2.18. The highest BCUT2D eigenvalue weighted by Crippen LogP contribution is 2.35. The Morgan fingerprint density at radius 1 is 0.900 bits per heavy atom. The van der Waals surface area contributed by atoms with Crippen LogP contribution in [0.1, 0.15) is 56.4 Å². The molecule has 0 bridgehead atoms. The first-order valence-electron chi connectivity index (χ1n) is 11.2. The van der Waals surface area contributed by atoms with Gasteiger partial charge in [-0.1, -0.05) is 31.4 Å². The van der Waals surface area contributed by atoms with E-state index >= 15 is 0 Å². The Balaban J connectivity index is 1.46. The highest BCUT2D eigenvalue weighted by molar-refractivity contribution is 7.90. The van der Waals surface area contributed by atoms with Crippen molar-refractivity contribution in [1.82, 2.24) is 13.9 Å². The molecule has 2 aliphatic carbocycles. The second-order valence-electron chi connectivity index (χ2n) is 8.72. The monoisotopic (exact) mass is 455 g/mol. The molecule has 0 amide bonds. The SMILES string of the molecule is O=S(=O)(CCN(C1CC1)S(=O)(=O)c1ccc(C2CCCCC2)cc1)N1CCNCC1. The molecule has 3 fully saturated rings. The van der Waals surface area contributed by atoms with Crippen LogP contribution in [-0.2, 0) is 20.0 Å². The van der Waals surface area contributed by atoms with E-state index in [1.165, 1.54) is 46.3 Å². The summed E-state index contributed by atoms with van der Waals surface area (Å²) >= 11 is 0. The number of rotatable bonds is 8. The third-order valence-electron chi connectivity index (χ3n) is 6.56. The van der Waals surface area contributed by atoms with Crippen LogP contribution in [0.25, 0.3) is 0 Å². The predicted molar refractivity (Wildman–Crippen MR) is 117 cm³/mol. The van der Waals surface area contributed by atoms with Gasteiger partial charge in [-0.3, -0.25) is 0 Å². The molecule has 168 valence electrons. The van der Waals surface area contributed by atoms with Crippen LogP contribution in [0.15, 0.2) is 29.2 Å². The molecule has 1 N–H and O–H groups in total. The quantitative estimate of drug-likeness (QED) is 0.649. The third-order valence-corrected chi connectivity index (χ3v) is 10.4. The Morgan fingerprint density at radius 2 is 1.53 bits per heavy atom. The van der Waals surface area contributed by atoms with E-state index in [9.17, 15) is 16.8 Å². The highest BCUT2D eigenvalue weighted by atomic mass is 32.2. The van der Waals surface area contributed by atoms with Gasteiger partial charge in [-0.2, -0.15) is 8.61 Å². The molecular formula is C21H33N3O4S2. The maximum absolute atomic E-state index is 13.3. The number of hydrogen-bond donors (Lipinski definition) is 1. The second-order valence-corrected chi connectivity index (χ2v) is 12.7. The van der Waals surface area contributed by atoms with Gasteiger partial charge in [0.2, 0.25) is 20.0 Å². The zero-order chi connectivity index (χ0) is 21.2. The van der Waals surface area contributed by atoms with Crippen molar-refractivity contribution < 1.29 is 16.8 Å². The maximum Gasteiger partial charge on any atom is 0.243 e. The van der Waals surface area contributed by atoms with Crippen molar-refractivity contribution in [2.24, 2.45) is 0 Å². The van der Waals surface area contributed by atoms with Crippen LogP contribution in [0.3, 0.4) is 0 Å². The smallest absolute Gasteiger partial charge is 0.243 e. The number of sulfonamides is 2. The zero-order valence-corrected chi connectivity index (χ0v) is 19.1. The maximum atomic E-state index is 13.3. The van der Waals surface area contributed by atoms with Crippen molar-refractivity contribution in [3.63, 3.8) is 0 Å². The summed E-state index contributed by atoms with van der Waals surface area (Å²) < 4.78 is 54.9. The van der Waals surface area contributed by atoms with E-state index in [1.807, 2.05) is 12.1 Å². The second kappa shape index (κ2) is 9.24. The molecule has 3 aliphatic rings. The lowest BCUT2D eigenvalue weighted by molar-refractivity contribution is 0.355. The first-order valence-corrected chi connectivity index (χ1v) is 14.2. The van der Waals surface area contributed by atoms with Gasteiger partial charge in [-0.15, -0.1) is 0 Å². The van der Waals surface area contributed by atoms with E-state index in [4.69, 9.17) is 0 Å². The average molecular weight is 456 g/mol. The summed E-state index contributed by atoms with van der Waals surface area (Å²) in [7, 11) is -7.16. The molecule has 0 radical (unpaired) electrons. The minimum absolute atomic E-state index is 0.0175. The molecule has 1 aromatic rings. The molecule has 1 aliphatic heterocycles. The first kappa shape index (κ1) is 22.2. The van der Waals surface area contributed by atoms with Gasteiger partial charge in [0, 0.05) is 38.8 Å². The van der Waals surface area contributed by atoms with Gasteiger partial charge >= 0.3 is 0 Å². The summed E-state index contributed by atoms with van der Waals surface area (Å²) in [6, 6.07) is 7.24. The first-order chi connectivity index (χ1) is 14.4. The number of piperazine rings is 1. The van der Waals surface area contributed by atoms with E-state index in [-0.39, 0.29) is 23.2 Å². The fraction of sp³-hybridized carbons (Fsp3) is 0.714. The molecule has 0 unspecified atom stereocenters. The van der Waals surface area contributed by atoms with Crippen molar-refractivity contribution in [2.45, 2.75) is 61.8 Å².